The fourth-order valence-corrected chi connectivity index (χ4v) is 4.97. The molecule has 0 aromatic heterocycles. The average Bonchev–Trinajstić information content (AvgIpc) is 2.72. The van der Waals surface area contributed by atoms with E-state index < -0.39 is 10.0 Å². The zero-order valence-electron chi connectivity index (χ0n) is 18.9. The zero-order chi connectivity index (χ0) is 23.5. The summed E-state index contributed by atoms with van der Waals surface area (Å²) in [6.07, 6.45) is 0. The first-order valence-corrected chi connectivity index (χ1v) is 11.7. The molecule has 0 saturated heterocycles. The highest BCUT2D eigenvalue weighted by atomic mass is 32.2. The highest BCUT2D eigenvalue weighted by Gasteiger charge is 2.21. The lowest BCUT2D eigenvalue weighted by Crippen LogP contribution is -2.27. The maximum atomic E-state index is 13.1. The maximum absolute atomic E-state index is 13.1. The predicted octanol–water partition coefficient (Wildman–Crippen LogP) is 4.91. The third kappa shape index (κ3) is 5.29. The van der Waals surface area contributed by atoms with E-state index in [9.17, 15) is 13.2 Å². The highest BCUT2D eigenvalue weighted by molar-refractivity contribution is 7.92. The van der Waals surface area contributed by atoms with Gasteiger partial charge in [-0.3, -0.25) is 9.52 Å². The molecule has 3 rings (SSSR count). The molecule has 2 N–H and O–H groups in total. The first-order valence-electron chi connectivity index (χ1n) is 10.3. The Morgan fingerprint density at radius 3 is 2.25 bits per heavy atom. The topological polar surface area (TPSA) is 84.5 Å². The zero-order valence-corrected chi connectivity index (χ0v) is 19.7. The molecule has 0 aliphatic carbocycles. The molecular weight excluding hydrogens is 424 g/mol. The van der Waals surface area contributed by atoms with Crippen LogP contribution in [0.3, 0.4) is 0 Å². The molecule has 168 valence electrons. The van der Waals surface area contributed by atoms with Crippen LogP contribution in [0, 0.1) is 20.8 Å². The van der Waals surface area contributed by atoms with E-state index in [1.54, 1.807) is 38.3 Å². The molecule has 3 aromatic rings. The molecule has 0 aliphatic rings. The van der Waals surface area contributed by atoms with Crippen LogP contribution in [-0.4, -0.2) is 21.4 Å². The van der Waals surface area contributed by atoms with E-state index in [0.29, 0.717) is 17.0 Å². The normalized spacial score (nSPS) is 12.2. The number of hydrogen-bond donors (Lipinski definition) is 2. The van der Waals surface area contributed by atoms with Gasteiger partial charge in [-0.15, -0.1) is 0 Å². The van der Waals surface area contributed by atoms with Crippen molar-refractivity contribution in [3.05, 3.63) is 88.5 Å². The number of ether oxygens (including phenoxy) is 1. The molecule has 32 heavy (non-hydrogen) atoms. The lowest BCUT2D eigenvalue weighted by atomic mass is 10.1. The summed E-state index contributed by atoms with van der Waals surface area (Å²) in [5.74, 6) is 0.302. The van der Waals surface area contributed by atoms with Gasteiger partial charge in [0, 0.05) is 16.8 Å². The molecule has 6 nitrogen and oxygen atoms in total. The van der Waals surface area contributed by atoms with Gasteiger partial charge in [-0.25, -0.2) is 8.42 Å². The summed E-state index contributed by atoms with van der Waals surface area (Å²) in [6, 6.07) is 17.3. The molecule has 0 fully saturated rings. The van der Waals surface area contributed by atoms with Crippen LogP contribution in [0.2, 0.25) is 0 Å². The molecule has 0 saturated carbocycles. The number of methoxy groups -OCH3 is 1. The summed E-state index contributed by atoms with van der Waals surface area (Å²) in [4.78, 5) is 13.0. The summed E-state index contributed by atoms with van der Waals surface area (Å²) < 4.78 is 34.2. The van der Waals surface area contributed by atoms with Crippen LogP contribution >= 0.6 is 0 Å². The number of carbonyl (C=O) groups is 1. The Morgan fingerprint density at radius 1 is 0.938 bits per heavy atom. The second-order valence-electron chi connectivity index (χ2n) is 7.90. The Hall–Kier alpha value is -3.32. The van der Waals surface area contributed by atoms with E-state index in [-0.39, 0.29) is 22.4 Å². The number of hydrogen-bond acceptors (Lipinski definition) is 4. The van der Waals surface area contributed by atoms with E-state index in [1.165, 1.54) is 6.07 Å². The van der Waals surface area contributed by atoms with Crippen molar-refractivity contribution in [2.75, 3.05) is 11.8 Å². The highest BCUT2D eigenvalue weighted by Crippen LogP contribution is 2.26. The quantitative estimate of drug-likeness (QED) is 0.533. The first-order chi connectivity index (χ1) is 15.1. The SMILES string of the molecule is COc1ccccc1C(C)NC(=O)c1ccc(C)c(S(=O)(=O)Nc2cc(C)cc(C)c2)c1. The molecule has 0 bridgehead atoms. The van der Waals surface area contributed by atoms with Gasteiger partial charge in [0.25, 0.3) is 15.9 Å². The molecule has 0 heterocycles. The van der Waals surface area contributed by atoms with Crippen LogP contribution < -0.4 is 14.8 Å². The van der Waals surface area contributed by atoms with E-state index >= 15 is 0 Å². The van der Waals surface area contributed by atoms with Gasteiger partial charge in [0.1, 0.15) is 5.75 Å². The fourth-order valence-electron chi connectivity index (χ4n) is 3.66. The molecule has 0 radical (unpaired) electrons. The fraction of sp³-hybridized carbons (Fsp3) is 0.240. The minimum Gasteiger partial charge on any atom is -0.496 e. The van der Waals surface area contributed by atoms with Crippen LogP contribution in [-0.2, 0) is 10.0 Å². The number of nitrogens with one attached hydrogen (secondary N) is 2. The van der Waals surface area contributed by atoms with Crippen molar-refractivity contribution < 1.29 is 17.9 Å². The minimum atomic E-state index is -3.87. The Labute approximate surface area is 189 Å². The van der Waals surface area contributed by atoms with Crippen LogP contribution in [0.25, 0.3) is 0 Å². The van der Waals surface area contributed by atoms with E-state index in [1.807, 2.05) is 51.1 Å². The summed E-state index contributed by atoms with van der Waals surface area (Å²) in [6.45, 7) is 7.37. The molecule has 1 atom stereocenters. The Kier molecular flexibility index (Phi) is 6.89. The van der Waals surface area contributed by atoms with Crippen LogP contribution in [0.1, 0.15) is 45.6 Å². The van der Waals surface area contributed by atoms with Gasteiger partial charge >= 0.3 is 0 Å². The standard InChI is InChI=1S/C25H28N2O4S/c1-16-12-17(2)14-21(13-16)27-32(29,30)24-15-20(11-10-18(24)3)25(28)26-19(4)22-8-6-7-9-23(22)31-5/h6-15,19,27H,1-5H3,(H,26,28). The minimum absolute atomic E-state index is 0.0641. The number of amides is 1. The Morgan fingerprint density at radius 2 is 1.59 bits per heavy atom. The van der Waals surface area contributed by atoms with Crippen LogP contribution in [0.4, 0.5) is 5.69 Å². The number of aryl methyl sites for hydroxylation is 3. The summed E-state index contributed by atoms with van der Waals surface area (Å²) in [5, 5.41) is 2.92. The maximum Gasteiger partial charge on any atom is 0.262 e. The van der Waals surface area contributed by atoms with Gasteiger partial charge in [0.2, 0.25) is 0 Å². The van der Waals surface area contributed by atoms with Gasteiger partial charge in [-0.2, -0.15) is 0 Å². The summed E-state index contributed by atoms with van der Waals surface area (Å²) >= 11 is 0. The molecule has 1 unspecified atom stereocenters. The van der Waals surface area contributed by atoms with Crippen LogP contribution in [0.15, 0.2) is 65.6 Å². The Balaban J connectivity index is 1.86. The molecule has 7 heteroatoms. The summed E-state index contributed by atoms with van der Waals surface area (Å²) in [7, 11) is -2.30. The smallest absolute Gasteiger partial charge is 0.262 e. The molecule has 1 amide bonds. The third-order valence-corrected chi connectivity index (χ3v) is 6.69. The second kappa shape index (κ2) is 9.44. The monoisotopic (exact) mass is 452 g/mol. The third-order valence-electron chi connectivity index (χ3n) is 5.17. The number of para-hydroxylation sites is 1. The lowest BCUT2D eigenvalue weighted by molar-refractivity contribution is 0.0939. The van der Waals surface area contributed by atoms with Gasteiger partial charge in [-0.05, 0) is 74.7 Å². The Bertz CT molecular complexity index is 1230. The van der Waals surface area contributed by atoms with Crippen molar-refractivity contribution in [1.29, 1.82) is 0 Å². The van der Waals surface area contributed by atoms with Crippen molar-refractivity contribution in [3.63, 3.8) is 0 Å². The van der Waals surface area contributed by atoms with Crippen molar-refractivity contribution >= 4 is 21.6 Å². The molecule has 3 aromatic carbocycles. The lowest BCUT2D eigenvalue weighted by Gasteiger charge is -2.18. The second-order valence-corrected chi connectivity index (χ2v) is 9.55. The van der Waals surface area contributed by atoms with E-state index in [4.69, 9.17) is 4.74 Å². The molecule has 0 aliphatic heterocycles. The van der Waals surface area contributed by atoms with Crippen molar-refractivity contribution in [2.45, 2.75) is 38.6 Å². The molecular formula is C25H28N2O4S. The van der Waals surface area contributed by atoms with Crippen molar-refractivity contribution in [2.24, 2.45) is 0 Å². The van der Waals surface area contributed by atoms with Crippen molar-refractivity contribution in [1.82, 2.24) is 5.32 Å². The predicted molar refractivity (Wildman–Crippen MR) is 127 cm³/mol. The number of benzene rings is 3. The first kappa shape index (κ1) is 23.3. The largest absolute Gasteiger partial charge is 0.496 e. The number of rotatable bonds is 7. The van der Waals surface area contributed by atoms with E-state index in [0.717, 1.165) is 16.7 Å². The van der Waals surface area contributed by atoms with Gasteiger partial charge < -0.3 is 10.1 Å². The van der Waals surface area contributed by atoms with Gasteiger partial charge in [-0.1, -0.05) is 30.3 Å². The van der Waals surface area contributed by atoms with Gasteiger partial charge in [0.05, 0.1) is 18.0 Å². The summed E-state index contributed by atoms with van der Waals surface area (Å²) in [5.41, 5.74) is 4.05. The average molecular weight is 453 g/mol. The van der Waals surface area contributed by atoms with Crippen LogP contribution in [0.5, 0.6) is 5.75 Å². The number of carbonyl (C=O) groups excluding carboxylic acids is 1. The molecule has 0 spiro atoms. The van der Waals surface area contributed by atoms with E-state index in [2.05, 4.69) is 10.0 Å². The number of sulfonamides is 1. The number of anilines is 1. The van der Waals surface area contributed by atoms with Gasteiger partial charge in [0.15, 0.2) is 0 Å². The van der Waals surface area contributed by atoms with Crippen molar-refractivity contribution in [3.8, 4) is 5.75 Å².